The van der Waals surface area contributed by atoms with Gasteiger partial charge in [0.05, 0.1) is 38.6 Å². The molecule has 0 radical (unpaired) electrons. The zero-order valence-electron chi connectivity index (χ0n) is 49.8. The predicted molar refractivity (Wildman–Crippen MR) is 238 cm³/mol. The Morgan fingerprint density at radius 1 is 1.05 bits per heavy atom. The van der Waals surface area contributed by atoms with Crippen LogP contribution in [-0.2, 0) is 49.3 Å². The number of pyridine rings is 1. The minimum Gasteiger partial charge on any atom is -0.458 e. The summed E-state index contributed by atoms with van der Waals surface area (Å²) in [5.74, 6) is -10.7. The highest BCUT2D eigenvalue weighted by Gasteiger charge is 2.60. The largest absolute Gasteiger partial charge is 0.458 e. The maximum Gasteiger partial charge on any atom is 0.410 e. The number of aromatic nitrogens is 3. The summed E-state index contributed by atoms with van der Waals surface area (Å²) in [6, 6.07) is -2.14. The Morgan fingerprint density at radius 3 is 2.35 bits per heavy atom. The van der Waals surface area contributed by atoms with Crippen LogP contribution in [0.15, 0.2) is 18.5 Å². The zero-order valence-corrected chi connectivity index (χ0v) is 39.8. The molecule has 0 spiro atoms. The lowest BCUT2D eigenvalue weighted by molar-refractivity contribution is -0.299. The molecule has 3 saturated heterocycles. The Labute approximate surface area is 389 Å². The molecule has 1 amide bonds. The number of amides is 1. The standard InChI is InChI=1S/C48H75N5O10/c1-17-37-48(12)42(53(46(57)63-48)24-26(2)18-19-52-25-50-38(34(52)10)35-20-27(3)33(9)49-23-35)30(6)39(54)28(4)22-47(11,59-16)43(31(7)40(55)32(8)44(56)61-37)62-45-41(58-15)36(51(13)14)21-29(5)60-45/h20,23,25-26,28-32,36-37,41-43,45H,17-19,21-22,24H2,1-16H3/t26?,28-,29-,30+,31+,32-,36+,37-,41-,42-,43-,45?,47-,48-/m1/s1/i18D2,19D2,20D,23D,24D2,25D,26D. The summed E-state index contributed by atoms with van der Waals surface area (Å²) in [5, 5.41) is 0. The summed E-state index contributed by atoms with van der Waals surface area (Å²) in [6.07, 6.45) is -10.8. The molecule has 15 nitrogen and oxygen atoms in total. The van der Waals surface area contributed by atoms with Crippen molar-refractivity contribution in [3.63, 3.8) is 0 Å². The van der Waals surface area contributed by atoms with Crippen LogP contribution in [0.5, 0.6) is 0 Å². The Morgan fingerprint density at radius 2 is 1.73 bits per heavy atom. The number of ether oxygens (including phenoxy) is 6. The average Bonchev–Trinajstić information content (AvgIpc) is 3.76. The van der Waals surface area contributed by atoms with E-state index in [9.17, 15) is 24.0 Å². The van der Waals surface area contributed by atoms with Crippen molar-refractivity contribution in [3.8, 4) is 11.3 Å². The first kappa shape index (κ1) is 37.5. The van der Waals surface area contributed by atoms with Crippen LogP contribution in [0.1, 0.15) is 119 Å². The Hall–Kier alpha value is -3.76. The van der Waals surface area contributed by atoms with Crippen LogP contribution in [0.2, 0.25) is 0 Å². The molecule has 2 unspecified atom stereocenters. The van der Waals surface area contributed by atoms with Gasteiger partial charge in [-0.2, -0.15) is 0 Å². The van der Waals surface area contributed by atoms with E-state index < -0.39 is 127 Å². The second-order valence-corrected chi connectivity index (χ2v) is 18.2. The van der Waals surface area contributed by atoms with Gasteiger partial charge in [-0.1, -0.05) is 34.6 Å². The predicted octanol–water partition coefficient (Wildman–Crippen LogP) is 6.75. The molecule has 3 aliphatic heterocycles. The summed E-state index contributed by atoms with van der Waals surface area (Å²) in [5.41, 5.74) is -3.49. The lowest BCUT2D eigenvalue weighted by atomic mass is 9.73. The molecule has 0 bridgehead atoms. The van der Waals surface area contributed by atoms with Gasteiger partial charge in [-0.15, -0.1) is 0 Å². The molecule has 3 aliphatic rings. The molecular weight excluding hydrogens is 807 g/mol. The Kier molecular flexibility index (Phi) is 12.0. The van der Waals surface area contributed by atoms with E-state index in [4.69, 9.17) is 32.5 Å². The number of ketones is 2. The van der Waals surface area contributed by atoms with Gasteiger partial charge in [-0.25, -0.2) is 9.78 Å². The normalized spacial score (nSPS) is 38.8. The number of aryl methyl sites for hydroxylation is 1. The molecule has 0 N–H and O–H groups in total. The van der Waals surface area contributed by atoms with Gasteiger partial charge in [0.25, 0.3) is 0 Å². The van der Waals surface area contributed by atoms with Crippen LogP contribution >= 0.6 is 0 Å². The number of cyclic esters (lactones) is 1. The summed E-state index contributed by atoms with van der Waals surface area (Å²) >= 11 is 0. The van der Waals surface area contributed by atoms with E-state index in [0.29, 0.717) is 27.1 Å². The number of esters is 1. The number of imidazole rings is 1. The number of methoxy groups -OCH3 is 2. The Bertz CT molecular complexity index is 2440. The van der Waals surface area contributed by atoms with Gasteiger partial charge < -0.3 is 42.8 Å². The number of likely N-dealkylation sites (N-methyl/N-ethyl adjacent to an activating group) is 1. The molecule has 63 heavy (non-hydrogen) atoms. The average molecular weight is 892 g/mol. The van der Waals surface area contributed by atoms with Gasteiger partial charge in [-0.3, -0.25) is 19.4 Å². The van der Waals surface area contributed by atoms with Gasteiger partial charge in [0.15, 0.2) is 17.7 Å². The molecule has 3 fully saturated rings. The number of carbonyl (C=O) groups excluding carboxylic acids is 4. The smallest absolute Gasteiger partial charge is 0.410 e. The second kappa shape index (κ2) is 20.2. The number of carbonyl (C=O) groups is 4. The number of fused-ring (bicyclic) bond motifs is 1. The van der Waals surface area contributed by atoms with Crippen LogP contribution in [0.25, 0.3) is 11.3 Å². The van der Waals surface area contributed by atoms with E-state index in [1.807, 2.05) is 25.9 Å². The topological polar surface area (TPSA) is 161 Å². The van der Waals surface area contributed by atoms with Gasteiger partial charge in [0.2, 0.25) is 0 Å². The van der Waals surface area contributed by atoms with Crippen molar-refractivity contribution in [3.05, 3.63) is 35.5 Å². The van der Waals surface area contributed by atoms with Crippen molar-refractivity contribution in [1.82, 2.24) is 24.3 Å². The lowest BCUT2D eigenvalue weighted by Gasteiger charge is -2.48. The molecule has 0 aromatic carbocycles. The van der Waals surface area contributed by atoms with Crippen LogP contribution in [0.4, 0.5) is 4.79 Å². The molecule has 0 aliphatic carbocycles. The van der Waals surface area contributed by atoms with E-state index in [2.05, 4.69) is 9.97 Å². The molecule has 0 saturated carbocycles. The monoisotopic (exact) mass is 892 g/mol. The van der Waals surface area contributed by atoms with Crippen molar-refractivity contribution in [2.24, 2.45) is 29.6 Å². The van der Waals surface area contributed by atoms with E-state index >= 15 is 4.79 Å². The fraction of sp³-hybridized carbons (Fsp3) is 0.750. The fourth-order valence-electron chi connectivity index (χ4n) is 9.43. The number of hydrogen-bond acceptors (Lipinski definition) is 13. The van der Waals surface area contributed by atoms with Crippen molar-refractivity contribution >= 4 is 23.6 Å². The molecule has 2 aromatic heterocycles. The maximum atomic E-state index is 15.2. The summed E-state index contributed by atoms with van der Waals surface area (Å²) in [4.78, 5) is 69.3. The van der Waals surface area contributed by atoms with Crippen molar-refractivity contribution in [1.29, 1.82) is 0 Å². The van der Waals surface area contributed by atoms with Crippen LogP contribution in [0.3, 0.4) is 0 Å². The highest BCUT2D eigenvalue weighted by Crippen LogP contribution is 2.43. The lowest BCUT2D eigenvalue weighted by Crippen LogP contribution is -2.60. The van der Waals surface area contributed by atoms with Gasteiger partial charge in [0, 0.05) is 83.7 Å². The van der Waals surface area contributed by atoms with Gasteiger partial charge >= 0.3 is 12.1 Å². The third-order valence-electron chi connectivity index (χ3n) is 13.3. The number of nitrogens with zero attached hydrogens (tertiary/aromatic N) is 5. The highest BCUT2D eigenvalue weighted by atomic mass is 16.7. The number of hydrogen-bond donors (Lipinski definition) is 0. The molecule has 5 heterocycles. The molecular formula is C48H75N5O10. The number of rotatable bonds is 12. The number of Topliss-reactive ketones (excluding diaryl/α,β-unsaturated/α-hetero) is 2. The van der Waals surface area contributed by atoms with E-state index in [-0.39, 0.29) is 48.0 Å². The van der Waals surface area contributed by atoms with Gasteiger partial charge in [0.1, 0.15) is 25.3 Å². The third-order valence-corrected chi connectivity index (χ3v) is 13.3. The minimum atomic E-state index is -3.72. The molecule has 2 aromatic rings. The quantitative estimate of drug-likeness (QED) is 0.163. The maximum absolute atomic E-state index is 15.2. The van der Waals surface area contributed by atoms with Crippen molar-refractivity contribution in [2.75, 3.05) is 34.8 Å². The third kappa shape index (κ3) is 10.2. The molecule has 5 rings (SSSR count). The molecule has 352 valence electrons. The molecule has 15 heteroatoms. The fourth-order valence-corrected chi connectivity index (χ4v) is 9.43. The summed E-state index contributed by atoms with van der Waals surface area (Å²) in [7, 11) is 6.69. The van der Waals surface area contributed by atoms with E-state index in [1.54, 1.807) is 41.5 Å². The first-order valence-electron chi connectivity index (χ1n) is 26.8. The first-order chi connectivity index (χ1) is 33.4. The van der Waals surface area contributed by atoms with Gasteiger partial charge in [-0.05, 0) is 106 Å². The van der Waals surface area contributed by atoms with E-state index in [0.717, 1.165) is 6.92 Å². The highest BCUT2D eigenvalue weighted by molar-refractivity contribution is 6.00. The summed E-state index contributed by atoms with van der Waals surface area (Å²) < 4.78 is 130. The Balaban J connectivity index is 1.65. The second-order valence-electron chi connectivity index (χ2n) is 18.2. The van der Waals surface area contributed by atoms with Crippen LogP contribution < -0.4 is 0 Å². The van der Waals surface area contributed by atoms with Crippen LogP contribution in [-0.4, -0.2) is 137 Å². The molecule has 14 atom stereocenters. The zero-order chi connectivity index (χ0) is 55.8. The van der Waals surface area contributed by atoms with E-state index in [1.165, 1.54) is 41.9 Å². The summed E-state index contributed by atoms with van der Waals surface area (Å²) in [6.45, 7) is 10.4. The van der Waals surface area contributed by atoms with Crippen molar-refractivity contribution in [2.45, 2.75) is 169 Å². The van der Waals surface area contributed by atoms with Crippen molar-refractivity contribution < 1.29 is 61.3 Å². The first-order valence-corrected chi connectivity index (χ1v) is 21.8. The minimum absolute atomic E-state index is 0.113. The SMILES string of the molecule is [2H]c1nc(C)c(C)c([2H])c1-c1nc([2H])n(C([2H])([2H])C([2H])([2H])C([2H])(C)C([2H])([2H])N2C(=O)O[C@]3(C)[C@@H](CC)OC(=O)[C@H](C)C(=O)[C@H](C)[C@@H](OC4O[C@H](C)C[C@H](N(C)C)[C@H]4OC)[C@](C)(OC)C[C@@H](C)C(=O)[C@H](C)[C@@H]23)c1C. The van der Waals surface area contributed by atoms with Crippen LogP contribution in [0, 0.1) is 50.3 Å².